The molecule has 0 spiro atoms. The molecule has 0 unspecified atom stereocenters. The van der Waals surface area contributed by atoms with Crippen LogP contribution in [0.25, 0.3) is 11.1 Å². The largest absolute Gasteiger partial charge is 0.490 e. The average molecular weight is 428 g/mol. The summed E-state index contributed by atoms with van der Waals surface area (Å²) in [6.07, 6.45) is 4.91. The van der Waals surface area contributed by atoms with Crippen molar-refractivity contribution in [3.63, 3.8) is 0 Å². The fraction of sp³-hybridized carbons (Fsp3) is 0.500. The second kappa shape index (κ2) is 10.3. The topological polar surface area (TPSA) is 58.6 Å². The van der Waals surface area contributed by atoms with Crippen molar-refractivity contribution >= 4 is 5.97 Å². The summed E-state index contributed by atoms with van der Waals surface area (Å²) in [6.45, 7) is 7.58. The molecule has 31 heavy (non-hydrogen) atoms. The highest BCUT2D eigenvalue weighted by Gasteiger charge is 2.30. The third kappa shape index (κ3) is 6.79. The summed E-state index contributed by atoms with van der Waals surface area (Å²) < 4.78 is 20.3. The summed E-state index contributed by atoms with van der Waals surface area (Å²) in [4.78, 5) is 10.6. The van der Waals surface area contributed by atoms with Crippen molar-refractivity contribution < 1.29 is 19.0 Å². The van der Waals surface area contributed by atoms with E-state index in [0.717, 1.165) is 35.6 Å². The number of benzene rings is 2. The fourth-order valence-corrected chi connectivity index (χ4v) is 4.27. The second-order valence-electron chi connectivity index (χ2n) is 9.61. The molecule has 0 atom stereocenters. The number of carboxylic acids is 1. The maximum Gasteiger partial charge on any atom is 0.304 e. The number of aliphatic carboxylic acids is 1. The van der Waals surface area contributed by atoms with E-state index in [-0.39, 0.29) is 18.3 Å². The van der Waals surface area contributed by atoms with E-state index in [9.17, 15) is 9.18 Å². The Labute approximate surface area is 184 Å². The molecule has 0 bridgehead atoms. The van der Waals surface area contributed by atoms with Crippen LogP contribution in [0.15, 0.2) is 42.5 Å². The van der Waals surface area contributed by atoms with Crippen LogP contribution in [0.4, 0.5) is 4.39 Å². The van der Waals surface area contributed by atoms with Crippen molar-refractivity contribution in [2.45, 2.75) is 65.5 Å². The Balaban J connectivity index is 1.57. The van der Waals surface area contributed by atoms with Crippen LogP contribution in [-0.4, -0.2) is 23.7 Å². The first kappa shape index (κ1) is 23.3. The summed E-state index contributed by atoms with van der Waals surface area (Å²) in [6, 6.07) is 13.0. The van der Waals surface area contributed by atoms with E-state index in [4.69, 9.17) is 9.84 Å². The Bertz CT molecular complexity index is 865. The van der Waals surface area contributed by atoms with Crippen LogP contribution in [0, 0.1) is 17.2 Å². The van der Waals surface area contributed by atoms with Crippen LogP contribution >= 0.6 is 0 Å². The van der Waals surface area contributed by atoms with Gasteiger partial charge in [-0.25, -0.2) is 4.39 Å². The Morgan fingerprint density at radius 1 is 1.06 bits per heavy atom. The Hall–Kier alpha value is -2.40. The first-order chi connectivity index (χ1) is 14.7. The van der Waals surface area contributed by atoms with Crippen LogP contribution < -0.4 is 10.1 Å². The molecule has 2 N–H and O–H groups in total. The van der Waals surface area contributed by atoms with Crippen molar-refractivity contribution in [2.75, 3.05) is 6.54 Å². The summed E-state index contributed by atoms with van der Waals surface area (Å²) in [5.74, 6) is 0.477. The van der Waals surface area contributed by atoms with Gasteiger partial charge >= 0.3 is 5.97 Å². The Kier molecular flexibility index (Phi) is 7.71. The highest BCUT2D eigenvalue weighted by molar-refractivity contribution is 5.67. The van der Waals surface area contributed by atoms with Crippen LogP contribution in [0.3, 0.4) is 0 Å². The molecule has 1 fully saturated rings. The van der Waals surface area contributed by atoms with Crippen molar-refractivity contribution in [1.29, 1.82) is 0 Å². The zero-order valence-electron chi connectivity index (χ0n) is 18.8. The first-order valence-electron chi connectivity index (χ1n) is 11.2. The van der Waals surface area contributed by atoms with Crippen molar-refractivity contribution in [1.82, 2.24) is 5.32 Å². The van der Waals surface area contributed by atoms with Gasteiger partial charge in [0.05, 0.1) is 12.5 Å². The zero-order chi connectivity index (χ0) is 22.4. The van der Waals surface area contributed by atoms with E-state index in [0.29, 0.717) is 24.1 Å². The van der Waals surface area contributed by atoms with Gasteiger partial charge in [0.25, 0.3) is 0 Å². The lowest BCUT2D eigenvalue weighted by atomic mass is 9.72. The van der Waals surface area contributed by atoms with Gasteiger partial charge in [-0.2, -0.15) is 0 Å². The molecule has 1 aliphatic carbocycles. The maximum absolute atomic E-state index is 14.1. The number of hydrogen-bond acceptors (Lipinski definition) is 3. The number of ether oxygens (including phenoxy) is 1. The molecule has 0 saturated heterocycles. The molecule has 0 aliphatic heterocycles. The predicted octanol–water partition coefficient (Wildman–Crippen LogP) is 6.04. The van der Waals surface area contributed by atoms with Gasteiger partial charge in [-0.05, 0) is 72.4 Å². The zero-order valence-corrected chi connectivity index (χ0v) is 18.8. The first-order valence-corrected chi connectivity index (χ1v) is 11.2. The lowest BCUT2D eigenvalue weighted by molar-refractivity contribution is -0.136. The fourth-order valence-electron chi connectivity index (χ4n) is 4.27. The van der Waals surface area contributed by atoms with Gasteiger partial charge in [-0.1, -0.05) is 39.0 Å². The van der Waals surface area contributed by atoms with E-state index in [1.54, 1.807) is 6.07 Å². The molecule has 0 radical (unpaired) electrons. The summed E-state index contributed by atoms with van der Waals surface area (Å²) in [7, 11) is 0. The Morgan fingerprint density at radius 2 is 1.71 bits per heavy atom. The van der Waals surface area contributed by atoms with Crippen molar-refractivity contribution in [2.24, 2.45) is 11.3 Å². The third-order valence-corrected chi connectivity index (χ3v) is 6.27. The number of halogens is 1. The number of nitrogens with one attached hydrogen (secondary N) is 1. The van der Waals surface area contributed by atoms with Gasteiger partial charge in [0.15, 0.2) is 0 Å². The lowest BCUT2D eigenvalue weighted by Crippen LogP contribution is -2.30. The number of carbonyl (C=O) groups is 1. The molecule has 1 saturated carbocycles. The summed E-state index contributed by atoms with van der Waals surface area (Å²) >= 11 is 0. The quantitative estimate of drug-likeness (QED) is 0.504. The smallest absolute Gasteiger partial charge is 0.304 e. The molecule has 3 rings (SSSR count). The monoisotopic (exact) mass is 427 g/mol. The van der Waals surface area contributed by atoms with Gasteiger partial charge in [-0.15, -0.1) is 0 Å². The molecule has 0 amide bonds. The van der Waals surface area contributed by atoms with Crippen LogP contribution in [0.5, 0.6) is 5.75 Å². The van der Waals surface area contributed by atoms with Gasteiger partial charge in [0, 0.05) is 18.7 Å². The third-order valence-electron chi connectivity index (χ3n) is 6.27. The average Bonchev–Trinajstić information content (AvgIpc) is 2.72. The maximum atomic E-state index is 14.1. The number of hydrogen-bond donors (Lipinski definition) is 2. The second-order valence-corrected chi connectivity index (χ2v) is 9.61. The van der Waals surface area contributed by atoms with Crippen molar-refractivity contribution in [3.05, 3.63) is 53.8 Å². The standard InChI is InChI=1S/C26H34FNO3/c1-26(2,3)21-7-11-23(12-8-21)31-22-9-4-18(5-10-22)19-6-13-24(27)20(16-19)17-28-15-14-25(29)30/h4-6,9-10,13,16,21,23,28H,7-8,11-12,14-15,17H2,1-3H3,(H,29,30). The molecular weight excluding hydrogens is 393 g/mol. The normalized spacial score (nSPS) is 19.2. The highest BCUT2D eigenvalue weighted by Crippen LogP contribution is 2.38. The summed E-state index contributed by atoms with van der Waals surface area (Å²) in [5, 5.41) is 11.7. The van der Waals surface area contributed by atoms with Gasteiger partial charge in [-0.3, -0.25) is 4.79 Å². The molecule has 0 heterocycles. The predicted molar refractivity (Wildman–Crippen MR) is 122 cm³/mol. The number of carboxylic acid groups (broad SMARTS) is 1. The van der Waals surface area contributed by atoms with Gasteiger partial charge < -0.3 is 15.2 Å². The lowest BCUT2D eigenvalue weighted by Gasteiger charge is -2.36. The van der Waals surface area contributed by atoms with E-state index in [2.05, 4.69) is 26.1 Å². The molecular formula is C26H34FNO3. The van der Waals surface area contributed by atoms with Crippen LogP contribution in [0.2, 0.25) is 0 Å². The van der Waals surface area contributed by atoms with Crippen LogP contribution in [0.1, 0.15) is 58.4 Å². The Morgan fingerprint density at radius 3 is 2.32 bits per heavy atom. The molecule has 4 nitrogen and oxygen atoms in total. The van der Waals surface area contributed by atoms with E-state index >= 15 is 0 Å². The molecule has 1 aliphatic rings. The van der Waals surface area contributed by atoms with Gasteiger partial charge in [0.2, 0.25) is 0 Å². The summed E-state index contributed by atoms with van der Waals surface area (Å²) in [5.41, 5.74) is 2.81. The van der Waals surface area contributed by atoms with E-state index in [1.807, 2.05) is 30.3 Å². The molecule has 2 aromatic carbocycles. The van der Waals surface area contributed by atoms with E-state index < -0.39 is 5.97 Å². The van der Waals surface area contributed by atoms with Gasteiger partial charge in [0.1, 0.15) is 11.6 Å². The molecule has 2 aromatic rings. The molecule has 0 aromatic heterocycles. The van der Waals surface area contributed by atoms with Crippen molar-refractivity contribution in [3.8, 4) is 16.9 Å². The van der Waals surface area contributed by atoms with E-state index in [1.165, 1.54) is 18.9 Å². The number of rotatable bonds is 8. The minimum Gasteiger partial charge on any atom is -0.490 e. The highest BCUT2D eigenvalue weighted by atomic mass is 19.1. The minimum absolute atomic E-state index is 0.0145. The minimum atomic E-state index is -0.869. The molecule has 5 heteroatoms. The SMILES string of the molecule is CC(C)(C)C1CCC(Oc2ccc(-c3ccc(F)c(CNCCC(=O)O)c3)cc2)CC1. The molecule has 168 valence electrons. The van der Waals surface area contributed by atoms with Crippen LogP contribution in [-0.2, 0) is 11.3 Å².